The summed E-state index contributed by atoms with van der Waals surface area (Å²) in [5, 5.41) is 23.7. The number of aromatic amines is 1. The van der Waals surface area contributed by atoms with Crippen LogP contribution < -0.4 is 10.6 Å². The molecule has 0 radical (unpaired) electrons. The number of imidazole rings is 1. The first kappa shape index (κ1) is 134. The van der Waals surface area contributed by atoms with Crippen LogP contribution in [0.3, 0.4) is 0 Å². The van der Waals surface area contributed by atoms with Gasteiger partial charge in [-0.2, -0.15) is 0 Å². The molecule has 0 bridgehead atoms. The van der Waals surface area contributed by atoms with Gasteiger partial charge in [-0.05, 0) is 250 Å². The molecule has 1 aliphatic carbocycles. The van der Waals surface area contributed by atoms with Gasteiger partial charge < -0.3 is 59.7 Å². The lowest BCUT2D eigenvalue weighted by molar-refractivity contribution is -0.156. The number of benzene rings is 5. The maximum absolute atomic E-state index is 15.3. The van der Waals surface area contributed by atoms with Crippen molar-refractivity contribution < 1.29 is 102 Å². The Hall–Kier alpha value is -8.45. The van der Waals surface area contributed by atoms with E-state index < -0.39 is 58.2 Å². The van der Waals surface area contributed by atoms with Gasteiger partial charge in [0.25, 0.3) is 0 Å². The number of carboxylic acids is 2. The number of aliphatic carboxylic acids is 2. The van der Waals surface area contributed by atoms with Gasteiger partial charge in [-0.25, -0.2) is 9.78 Å². The average Bonchev–Trinajstić information content (AvgIpc) is 0.749. The predicted octanol–water partition coefficient (Wildman–Crippen LogP) is 23.2. The quantitative estimate of drug-likeness (QED) is 0.00780. The third-order valence-corrected chi connectivity index (χ3v) is 28.0. The van der Waals surface area contributed by atoms with Crippen molar-refractivity contribution in [2.24, 2.45) is 41.4 Å². The van der Waals surface area contributed by atoms with Gasteiger partial charge in [-0.3, -0.25) is 52.7 Å². The van der Waals surface area contributed by atoms with Crippen molar-refractivity contribution in [2.75, 3.05) is 27.9 Å². The van der Waals surface area contributed by atoms with Crippen LogP contribution >= 0.6 is 42.3 Å². The van der Waals surface area contributed by atoms with E-state index in [-0.39, 0.29) is 159 Å². The lowest BCUT2D eigenvalue weighted by Crippen LogP contribution is -2.52. The molecule has 25 nitrogen and oxygen atoms in total. The van der Waals surface area contributed by atoms with Crippen molar-refractivity contribution >= 4 is 184 Å². The van der Waals surface area contributed by atoms with Gasteiger partial charge >= 0.3 is 47.9 Å². The molecule has 0 unspecified atom stereocenters. The molecule has 138 heavy (non-hydrogen) atoms. The molecular formula is C101H140N4O21P6S6. The Morgan fingerprint density at radius 1 is 0.464 bits per heavy atom. The number of likely N-dealkylation sites (N-methyl/N-ethyl adjacent to an activating group) is 1. The van der Waals surface area contributed by atoms with E-state index in [1.807, 2.05) is 196 Å². The zero-order valence-electron chi connectivity index (χ0n) is 81.8. The Balaban J connectivity index is -0.00000170. The molecule has 0 spiro atoms. The number of fused-ring (bicyclic) bond motifs is 3. The van der Waals surface area contributed by atoms with E-state index in [2.05, 4.69) is 145 Å². The molecular weight excluding hydrogens is 1980 g/mol. The standard InChI is InChI=1S/C40H33N3O3.C17H28O5.C16H26O6.C16H28O3.C11H19NO3.CH4.H2O.3P2S2/c44-38(40(28-14-4-1-5-15-28,29-16-6-2-7-17-29)30-18-8-3-9-19-30)37(24-31-25-41-27-42-31)43-39(45)46-26-36-34-22-12-10-20-32(34)33-21-11-13-23-35(33)36;1-12(11-16(20)21-6)7-8-14(13(2)18)9-10-15(19)22-17(3,4)5;1-11(10-14(18)21-5)6-7-12(15(19)20)8-9-13(17)22-16(2,3)4;1-7-12(2)8-9-14(13(3)17)10-11-15(18)19-16(4,5)6;1-8(12-3)4-5-10(9(2)13)6-7-11(14)15;;;3*3-1-2-4/h1-23,25,27,36-37H,24,26H2,(H,41,42)(H,43,45);7-8,12,14H,9-11H2,1-6H3;6-7,11-12H,8-10H2,1-5H3,(H,19,20);8-9,12,14H,7,10-11H2,1-6H3;4-5,8,10,12H,6-7H2,1-3H3,(H,14,15);1H4;1H2;;;/b;8-7+;7-6+;9-8+;5-4+;;;;;/t37-;12-,14-;11-,12-;12-,14+;8-,10-;;;;;/m00010...../s1. The van der Waals surface area contributed by atoms with Gasteiger partial charge in [0, 0.05) is 116 Å². The highest BCUT2D eigenvalue weighted by atomic mass is 32.7. The third-order valence-electron chi connectivity index (χ3n) is 20.0. The number of alkyl carbamates (subject to hydrolysis) is 1. The number of ketones is 4. The molecule has 0 saturated carbocycles. The van der Waals surface area contributed by atoms with Crippen LogP contribution in [-0.2, 0) is 164 Å². The normalized spacial score (nSPS) is 13.4. The molecule has 9 atom stereocenters. The van der Waals surface area contributed by atoms with Crippen molar-refractivity contribution in [3.8, 4) is 11.1 Å². The minimum Gasteiger partial charge on any atom is -0.481 e. The predicted molar refractivity (Wildman–Crippen MR) is 576 cm³/mol. The van der Waals surface area contributed by atoms with Crippen LogP contribution in [0.15, 0.2) is 201 Å². The zero-order chi connectivity index (χ0) is 103. The summed E-state index contributed by atoms with van der Waals surface area (Å²) in [6.45, 7) is 30.8. The summed E-state index contributed by atoms with van der Waals surface area (Å²) in [6, 6.07) is 44.9. The number of H-pyrrole nitrogens is 1. The van der Waals surface area contributed by atoms with Crippen LogP contribution in [0.2, 0.25) is 0 Å². The molecule has 0 aliphatic heterocycles. The molecule has 1 aliphatic rings. The summed E-state index contributed by atoms with van der Waals surface area (Å²) in [7, 11) is 9.69. The first-order chi connectivity index (χ1) is 64.1. The zero-order valence-corrected chi connectivity index (χ0v) is 92.1. The molecule has 0 fully saturated rings. The van der Waals surface area contributed by atoms with Crippen LogP contribution in [0.25, 0.3) is 11.1 Å². The van der Waals surface area contributed by atoms with E-state index in [1.54, 1.807) is 65.4 Å². The molecule has 1 aromatic heterocycles. The van der Waals surface area contributed by atoms with Gasteiger partial charge in [0.05, 0.1) is 45.3 Å². The highest BCUT2D eigenvalue weighted by Gasteiger charge is 2.47. The molecule has 0 saturated heterocycles. The van der Waals surface area contributed by atoms with Crippen LogP contribution in [0.5, 0.6) is 0 Å². The van der Waals surface area contributed by atoms with E-state index in [0.29, 0.717) is 25.2 Å². The second-order valence-electron chi connectivity index (χ2n) is 34.4. The SMILES string of the molecule is C.CC[C@@H](C)/C=C/[C@@H](CCC(=O)OC(C)(C)C)C(C)=O.CN[C@@H](C)/C=C/[C@@H](CCC(=O)O)C(C)=O.COC(=O)C[C@@H](C)/C=C/[C@@H](CCC(=O)OC(C)(C)C)C(=O)O.COC(=O)C[C@@H](C)/C=C/[C@@H](CCC(=O)OC(C)(C)C)C(C)=O.O.O=C(N[C@@H](Cc1cnc[nH]1)C(=O)C(c1ccccc1)(c1ccccc1)c1ccccc1)OCC1c2ccccc2-c2ccccc21.S=PP=S.S=PP=S.S=PP=S. The number of rotatable bonds is 43. The third kappa shape index (κ3) is 58.1. The Kier molecular flexibility index (Phi) is 72.2. The minimum atomic E-state index is -1.22. The molecule has 5 aromatic carbocycles. The van der Waals surface area contributed by atoms with Gasteiger partial charge in [0.2, 0.25) is 0 Å². The molecule has 1 amide bonds. The molecule has 7 N–H and O–H groups in total. The first-order valence-corrected chi connectivity index (χ1v) is 57.6. The largest absolute Gasteiger partial charge is 0.481 e. The van der Waals surface area contributed by atoms with Gasteiger partial charge in [-0.15, -0.1) is 0 Å². The van der Waals surface area contributed by atoms with Crippen LogP contribution in [0.4, 0.5) is 4.79 Å². The Morgan fingerprint density at radius 3 is 1.09 bits per heavy atom. The van der Waals surface area contributed by atoms with Crippen molar-refractivity contribution in [1.82, 2.24) is 20.6 Å². The lowest BCUT2D eigenvalue weighted by Gasteiger charge is -2.37. The second kappa shape index (κ2) is 74.5. The number of hydrogen-bond acceptors (Lipinski definition) is 26. The molecule has 7 rings (SSSR count). The number of carboxylic acid groups (broad SMARTS) is 2. The summed E-state index contributed by atoms with van der Waals surface area (Å²) in [6.07, 6.45) is 20.7. The minimum absolute atomic E-state index is 0. The smallest absolute Gasteiger partial charge is 0.407 e. The summed E-state index contributed by atoms with van der Waals surface area (Å²) < 4.78 is 30.7. The van der Waals surface area contributed by atoms with E-state index in [4.69, 9.17) is 29.2 Å². The fraction of sp³-hybridized carbons (Fsp3) is 0.475. The van der Waals surface area contributed by atoms with Crippen molar-refractivity contribution in [3.63, 3.8) is 0 Å². The van der Waals surface area contributed by atoms with Gasteiger partial charge in [0.15, 0.2) is 5.78 Å². The molecule has 756 valence electrons. The Morgan fingerprint density at radius 2 is 0.790 bits per heavy atom. The highest BCUT2D eigenvalue weighted by molar-refractivity contribution is 8.41. The summed E-state index contributed by atoms with van der Waals surface area (Å²) in [5.41, 5.74) is 4.91. The van der Waals surface area contributed by atoms with E-state index in [9.17, 15) is 52.7 Å². The number of hydrogen-bond donors (Lipinski definition) is 5. The van der Waals surface area contributed by atoms with Gasteiger partial charge in [0.1, 0.15) is 46.2 Å². The maximum Gasteiger partial charge on any atom is 0.407 e. The summed E-state index contributed by atoms with van der Waals surface area (Å²) in [4.78, 5) is 149. The van der Waals surface area contributed by atoms with E-state index in [1.165, 1.54) is 34.1 Å². The summed E-state index contributed by atoms with van der Waals surface area (Å²) in [5.74, 6) is -4.93. The second-order valence-corrected chi connectivity index (χ2v) is 47.2. The molecule has 1 heterocycles. The van der Waals surface area contributed by atoms with Crippen molar-refractivity contribution in [3.05, 3.63) is 234 Å². The van der Waals surface area contributed by atoms with Crippen LogP contribution in [0, 0.1) is 41.4 Å². The topological polar surface area (TPSA) is 385 Å². The Labute approximate surface area is 856 Å². The maximum atomic E-state index is 15.3. The monoisotopic (exact) mass is 2120 g/mol. The lowest BCUT2D eigenvalue weighted by atomic mass is 9.64. The number of carbonyl (C=O) groups excluding carboxylic acids is 10. The van der Waals surface area contributed by atoms with E-state index in [0.717, 1.165) is 93.3 Å². The highest BCUT2D eigenvalue weighted by Crippen LogP contribution is 2.45. The fourth-order valence-corrected chi connectivity index (χ4v) is 13.1. The van der Waals surface area contributed by atoms with Crippen molar-refractivity contribution in [2.45, 2.75) is 242 Å². The number of esters is 5. The Bertz CT molecular complexity index is 4610. The number of amides is 1. The number of carbonyl (C=O) groups is 12. The molecule has 37 heteroatoms. The van der Waals surface area contributed by atoms with Gasteiger partial charge in [-0.1, -0.05) is 230 Å². The van der Waals surface area contributed by atoms with Crippen LogP contribution in [0.1, 0.15) is 235 Å². The summed E-state index contributed by atoms with van der Waals surface area (Å²) >= 11 is 26.5. The number of Topliss-reactive ketones (excluding diaryl/α,β-unsaturated/α-hetero) is 4. The van der Waals surface area contributed by atoms with Crippen molar-refractivity contribution in [1.29, 1.82) is 0 Å². The number of methoxy groups -OCH3 is 2. The fourth-order valence-electron chi connectivity index (χ4n) is 13.1. The van der Waals surface area contributed by atoms with E-state index >= 15 is 4.79 Å². The number of allylic oxidation sites excluding steroid dienone is 6. The average molecular weight is 2120 g/mol. The first-order valence-electron chi connectivity index (χ1n) is 44.0. The molecule has 6 aromatic rings. The number of nitrogens with one attached hydrogen (secondary N) is 3. The number of ether oxygens (including phenoxy) is 6. The number of nitrogens with zero attached hydrogens (tertiary/aromatic N) is 1. The number of aromatic nitrogens is 2. The van der Waals surface area contributed by atoms with Crippen LogP contribution in [-0.4, -0.2) is 153 Å².